The minimum Gasteiger partial charge on any atom is -0.384 e. The Labute approximate surface area is 112 Å². The molecule has 1 aliphatic heterocycles. The quantitative estimate of drug-likeness (QED) is 0.835. The highest BCUT2D eigenvalue weighted by atomic mass is 16.5. The summed E-state index contributed by atoms with van der Waals surface area (Å²) < 4.78 is 5.27. The van der Waals surface area contributed by atoms with Crippen molar-refractivity contribution in [2.45, 2.75) is 45.6 Å². The third kappa shape index (κ3) is 3.69. The van der Waals surface area contributed by atoms with Gasteiger partial charge in [0, 0.05) is 26.2 Å². The van der Waals surface area contributed by atoms with E-state index in [0.717, 1.165) is 12.5 Å². The van der Waals surface area contributed by atoms with E-state index in [4.69, 9.17) is 10.5 Å². The molecule has 0 aromatic carbocycles. The first-order chi connectivity index (χ1) is 8.50. The lowest BCUT2D eigenvalue weighted by molar-refractivity contribution is 0.116. The molecule has 1 aliphatic carbocycles. The van der Waals surface area contributed by atoms with E-state index in [2.05, 4.69) is 18.7 Å². The molecule has 2 rings (SSSR count). The first-order valence-corrected chi connectivity index (χ1v) is 7.47. The summed E-state index contributed by atoms with van der Waals surface area (Å²) in [5, 5.41) is 0. The zero-order valence-corrected chi connectivity index (χ0v) is 12.3. The Kier molecular flexibility index (Phi) is 4.68. The van der Waals surface area contributed by atoms with Crippen molar-refractivity contribution in [3.05, 3.63) is 0 Å². The lowest BCUT2D eigenvalue weighted by Crippen LogP contribution is -2.44. The van der Waals surface area contributed by atoms with E-state index in [1.807, 2.05) is 7.11 Å². The largest absolute Gasteiger partial charge is 0.384 e. The number of nitrogens with zero attached hydrogens (tertiary/aromatic N) is 1. The van der Waals surface area contributed by atoms with E-state index in [1.54, 1.807) is 0 Å². The van der Waals surface area contributed by atoms with Crippen LogP contribution in [-0.2, 0) is 4.74 Å². The number of ether oxygens (including phenoxy) is 1. The first-order valence-electron chi connectivity index (χ1n) is 7.47. The predicted octanol–water partition coefficient (Wildman–Crippen LogP) is 2.11. The van der Waals surface area contributed by atoms with Gasteiger partial charge in [0.25, 0.3) is 0 Å². The van der Waals surface area contributed by atoms with Crippen LogP contribution in [0.15, 0.2) is 0 Å². The van der Waals surface area contributed by atoms with Crippen molar-refractivity contribution < 1.29 is 4.74 Å². The van der Waals surface area contributed by atoms with Gasteiger partial charge >= 0.3 is 0 Å². The van der Waals surface area contributed by atoms with Crippen molar-refractivity contribution in [3.63, 3.8) is 0 Å². The van der Waals surface area contributed by atoms with Gasteiger partial charge in [-0.1, -0.05) is 13.8 Å². The third-order valence-electron chi connectivity index (χ3n) is 4.84. The molecule has 1 saturated carbocycles. The molecule has 3 nitrogen and oxygen atoms in total. The maximum absolute atomic E-state index is 6.32. The molecular formula is C15H30N2O. The van der Waals surface area contributed by atoms with Gasteiger partial charge in [-0.25, -0.2) is 0 Å². The summed E-state index contributed by atoms with van der Waals surface area (Å²) in [7, 11) is 1.81. The number of methoxy groups -OCH3 is 1. The van der Waals surface area contributed by atoms with Gasteiger partial charge in [0.15, 0.2) is 0 Å². The fourth-order valence-corrected chi connectivity index (χ4v) is 3.74. The molecule has 2 aliphatic rings. The second-order valence-electron chi connectivity index (χ2n) is 7.20. The van der Waals surface area contributed by atoms with Crippen LogP contribution in [0.25, 0.3) is 0 Å². The molecule has 3 unspecified atom stereocenters. The zero-order valence-electron chi connectivity index (χ0n) is 12.3. The average Bonchev–Trinajstić information content (AvgIpc) is 2.72. The van der Waals surface area contributed by atoms with Crippen molar-refractivity contribution >= 4 is 0 Å². The minimum absolute atomic E-state index is 0.416. The lowest BCUT2D eigenvalue weighted by Gasteiger charge is -2.40. The summed E-state index contributed by atoms with van der Waals surface area (Å²) in [4.78, 5) is 2.61. The molecule has 0 spiro atoms. The monoisotopic (exact) mass is 254 g/mol. The van der Waals surface area contributed by atoms with Gasteiger partial charge in [0.1, 0.15) is 0 Å². The molecular weight excluding hydrogens is 224 g/mol. The zero-order chi connectivity index (χ0) is 13.2. The molecule has 106 valence electrons. The molecule has 2 fully saturated rings. The van der Waals surface area contributed by atoms with Crippen molar-refractivity contribution in [2.24, 2.45) is 23.0 Å². The minimum atomic E-state index is 0.416. The lowest BCUT2D eigenvalue weighted by atomic mass is 9.70. The summed E-state index contributed by atoms with van der Waals surface area (Å²) in [5.74, 6) is 1.43. The summed E-state index contributed by atoms with van der Waals surface area (Å²) in [6.45, 7) is 9.34. The Morgan fingerprint density at radius 3 is 2.83 bits per heavy atom. The van der Waals surface area contributed by atoms with Crippen LogP contribution < -0.4 is 5.73 Å². The Morgan fingerprint density at radius 2 is 2.11 bits per heavy atom. The highest BCUT2D eigenvalue weighted by Gasteiger charge is 2.35. The first kappa shape index (κ1) is 14.3. The summed E-state index contributed by atoms with van der Waals surface area (Å²) in [6, 6.07) is 0.416. The molecule has 2 N–H and O–H groups in total. The van der Waals surface area contributed by atoms with Crippen LogP contribution in [0.1, 0.15) is 39.5 Å². The standard InChI is InChI=1S/C15H30N2O/c1-15(2)6-4-14(16)13(8-15)10-17-7-5-12(9-17)11-18-3/h12-14H,4-11,16H2,1-3H3. The number of hydrogen-bond donors (Lipinski definition) is 1. The Bertz CT molecular complexity index is 267. The van der Waals surface area contributed by atoms with Gasteiger partial charge < -0.3 is 15.4 Å². The van der Waals surface area contributed by atoms with Crippen LogP contribution in [0.4, 0.5) is 0 Å². The van der Waals surface area contributed by atoms with E-state index in [1.165, 1.54) is 45.3 Å². The van der Waals surface area contributed by atoms with E-state index in [9.17, 15) is 0 Å². The summed E-state index contributed by atoms with van der Waals surface area (Å²) in [5.41, 5.74) is 6.81. The summed E-state index contributed by atoms with van der Waals surface area (Å²) >= 11 is 0. The smallest absolute Gasteiger partial charge is 0.0503 e. The average molecular weight is 254 g/mol. The maximum Gasteiger partial charge on any atom is 0.0503 e. The van der Waals surface area contributed by atoms with E-state index >= 15 is 0 Å². The molecule has 0 aromatic heterocycles. The normalized spacial score (nSPS) is 37.0. The SMILES string of the molecule is COCC1CCN(CC2CC(C)(C)CCC2N)C1. The van der Waals surface area contributed by atoms with Gasteiger partial charge in [-0.15, -0.1) is 0 Å². The molecule has 1 saturated heterocycles. The molecule has 0 bridgehead atoms. The molecule has 3 atom stereocenters. The van der Waals surface area contributed by atoms with Crippen LogP contribution in [-0.4, -0.2) is 44.3 Å². The van der Waals surface area contributed by atoms with Crippen molar-refractivity contribution in [1.82, 2.24) is 4.90 Å². The number of hydrogen-bond acceptors (Lipinski definition) is 3. The second-order valence-corrected chi connectivity index (χ2v) is 7.20. The van der Waals surface area contributed by atoms with Crippen molar-refractivity contribution in [2.75, 3.05) is 33.4 Å². The van der Waals surface area contributed by atoms with Crippen LogP contribution in [0, 0.1) is 17.3 Å². The fourth-order valence-electron chi connectivity index (χ4n) is 3.74. The van der Waals surface area contributed by atoms with Gasteiger partial charge in [-0.3, -0.25) is 0 Å². The van der Waals surface area contributed by atoms with E-state index < -0.39 is 0 Å². The fraction of sp³-hybridized carbons (Fsp3) is 1.00. The highest BCUT2D eigenvalue weighted by Crippen LogP contribution is 2.38. The Morgan fingerprint density at radius 1 is 1.33 bits per heavy atom. The predicted molar refractivity (Wildman–Crippen MR) is 75.5 cm³/mol. The van der Waals surface area contributed by atoms with E-state index in [-0.39, 0.29) is 0 Å². The van der Waals surface area contributed by atoms with Crippen molar-refractivity contribution in [3.8, 4) is 0 Å². The number of nitrogens with two attached hydrogens (primary N) is 1. The van der Waals surface area contributed by atoms with Crippen molar-refractivity contribution in [1.29, 1.82) is 0 Å². The van der Waals surface area contributed by atoms with Gasteiger partial charge in [-0.2, -0.15) is 0 Å². The Balaban J connectivity index is 1.82. The molecule has 0 amide bonds. The Hall–Kier alpha value is -0.120. The van der Waals surface area contributed by atoms with Crippen LogP contribution in [0.3, 0.4) is 0 Å². The van der Waals surface area contributed by atoms with Gasteiger partial charge in [-0.05, 0) is 49.5 Å². The molecule has 1 heterocycles. The van der Waals surface area contributed by atoms with Crippen LogP contribution >= 0.6 is 0 Å². The molecule has 18 heavy (non-hydrogen) atoms. The van der Waals surface area contributed by atoms with Crippen LogP contribution in [0.2, 0.25) is 0 Å². The number of likely N-dealkylation sites (tertiary alicyclic amines) is 1. The molecule has 3 heteroatoms. The molecule has 0 aromatic rings. The highest BCUT2D eigenvalue weighted by molar-refractivity contribution is 4.89. The number of rotatable bonds is 4. The second kappa shape index (κ2) is 5.89. The molecule has 0 radical (unpaired) electrons. The van der Waals surface area contributed by atoms with Gasteiger partial charge in [0.05, 0.1) is 6.61 Å². The van der Waals surface area contributed by atoms with Gasteiger partial charge in [0.2, 0.25) is 0 Å². The topological polar surface area (TPSA) is 38.5 Å². The van der Waals surface area contributed by atoms with E-state index in [0.29, 0.717) is 17.4 Å². The van der Waals surface area contributed by atoms with Crippen LogP contribution in [0.5, 0.6) is 0 Å². The third-order valence-corrected chi connectivity index (χ3v) is 4.84. The maximum atomic E-state index is 6.32. The summed E-state index contributed by atoms with van der Waals surface area (Å²) in [6.07, 6.45) is 5.07.